The van der Waals surface area contributed by atoms with Gasteiger partial charge in [-0.05, 0) is 19.4 Å². The van der Waals surface area contributed by atoms with Crippen molar-refractivity contribution in [2.45, 2.75) is 45.6 Å². The lowest BCUT2D eigenvalue weighted by Gasteiger charge is -2.33. The average Bonchev–Trinajstić information content (AvgIpc) is 2.50. The third kappa shape index (κ3) is 8.73. The molecule has 0 saturated carbocycles. The summed E-state index contributed by atoms with van der Waals surface area (Å²) in [5.74, 6) is 0.641. The van der Waals surface area contributed by atoms with E-state index in [1.54, 1.807) is 0 Å². The predicted molar refractivity (Wildman–Crippen MR) is 87.2 cm³/mol. The van der Waals surface area contributed by atoms with Crippen LogP contribution in [0.2, 0.25) is 0 Å². The van der Waals surface area contributed by atoms with E-state index in [4.69, 9.17) is 4.74 Å². The number of hydrazine groups is 1. The summed E-state index contributed by atoms with van der Waals surface area (Å²) in [5, 5.41) is 12.2. The van der Waals surface area contributed by atoms with Gasteiger partial charge in [-0.15, -0.1) is 0 Å². The van der Waals surface area contributed by atoms with Crippen molar-refractivity contribution in [3.63, 3.8) is 0 Å². The highest BCUT2D eigenvalue weighted by Crippen LogP contribution is 2.12. The normalized spacial score (nSPS) is 20.6. The minimum Gasteiger partial charge on any atom is -0.389 e. The summed E-state index contributed by atoms with van der Waals surface area (Å²) < 4.78 is 5.69. The van der Waals surface area contributed by atoms with Gasteiger partial charge in [0.15, 0.2) is 0 Å². The summed E-state index contributed by atoms with van der Waals surface area (Å²) >= 11 is 0. The standard InChI is InChI=1S/C16H35N3O2/c1-4-6-7-15(5-2)13-21-14-16(20)12-17-19-10-8-18(3)9-11-19/h15-17,20H,4-14H2,1-3H3. The predicted octanol–water partition coefficient (Wildman–Crippen LogP) is 1.33. The van der Waals surface area contributed by atoms with Gasteiger partial charge in [0.05, 0.1) is 12.7 Å². The van der Waals surface area contributed by atoms with Crippen molar-refractivity contribution in [1.82, 2.24) is 15.3 Å². The third-order valence-corrected chi connectivity index (χ3v) is 4.26. The van der Waals surface area contributed by atoms with Gasteiger partial charge in [-0.2, -0.15) is 0 Å². The summed E-state index contributed by atoms with van der Waals surface area (Å²) in [4.78, 5) is 2.32. The Labute approximate surface area is 130 Å². The van der Waals surface area contributed by atoms with Crippen LogP contribution in [0.5, 0.6) is 0 Å². The lowest BCUT2D eigenvalue weighted by molar-refractivity contribution is 0.00468. The molecule has 0 aromatic heterocycles. The van der Waals surface area contributed by atoms with Crippen molar-refractivity contribution < 1.29 is 9.84 Å². The number of likely N-dealkylation sites (N-methyl/N-ethyl adjacent to an activating group) is 1. The Balaban J connectivity index is 2.03. The van der Waals surface area contributed by atoms with E-state index in [-0.39, 0.29) is 0 Å². The summed E-state index contributed by atoms with van der Waals surface area (Å²) in [6, 6.07) is 0. The summed E-state index contributed by atoms with van der Waals surface area (Å²) in [6.45, 7) is 10.4. The fourth-order valence-electron chi connectivity index (χ4n) is 2.53. The number of aliphatic hydroxyl groups is 1. The summed E-state index contributed by atoms with van der Waals surface area (Å²) in [5.41, 5.74) is 3.30. The van der Waals surface area contributed by atoms with Crippen LogP contribution < -0.4 is 5.43 Å². The molecule has 0 aromatic rings. The molecule has 21 heavy (non-hydrogen) atoms. The number of nitrogens with zero attached hydrogens (tertiary/aromatic N) is 2. The number of rotatable bonds is 11. The number of hydrogen-bond donors (Lipinski definition) is 2. The maximum Gasteiger partial charge on any atom is 0.0911 e. The second kappa shape index (κ2) is 11.4. The zero-order valence-corrected chi connectivity index (χ0v) is 14.2. The Hall–Kier alpha value is -0.200. The molecule has 1 aliphatic rings. The van der Waals surface area contributed by atoms with Crippen LogP contribution in [0.25, 0.3) is 0 Å². The van der Waals surface area contributed by atoms with Crippen molar-refractivity contribution in [2.24, 2.45) is 5.92 Å². The Morgan fingerprint density at radius 1 is 1.14 bits per heavy atom. The Morgan fingerprint density at radius 3 is 2.48 bits per heavy atom. The average molecular weight is 301 g/mol. The molecule has 126 valence electrons. The molecule has 2 unspecified atom stereocenters. The molecule has 1 aliphatic heterocycles. The fourth-order valence-corrected chi connectivity index (χ4v) is 2.53. The van der Waals surface area contributed by atoms with Crippen LogP contribution in [0, 0.1) is 5.92 Å². The Kier molecular flexibility index (Phi) is 10.2. The molecule has 1 rings (SSSR count). The van der Waals surface area contributed by atoms with Gasteiger partial charge in [-0.1, -0.05) is 33.1 Å². The molecule has 1 fully saturated rings. The van der Waals surface area contributed by atoms with Gasteiger partial charge in [0.2, 0.25) is 0 Å². The number of aliphatic hydroxyl groups excluding tert-OH is 1. The molecule has 0 spiro atoms. The van der Waals surface area contributed by atoms with E-state index in [0.717, 1.165) is 39.2 Å². The Bertz CT molecular complexity index is 246. The van der Waals surface area contributed by atoms with Gasteiger partial charge in [-0.3, -0.25) is 5.43 Å². The summed E-state index contributed by atoms with van der Waals surface area (Å²) in [7, 11) is 2.14. The third-order valence-electron chi connectivity index (χ3n) is 4.26. The molecule has 5 nitrogen and oxygen atoms in total. The number of nitrogens with one attached hydrogen (secondary N) is 1. The highest BCUT2D eigenvalue weighted by Gasteiger charge is 2.15. The van der Waals surface area contributed by atoms with E-state index in [1.807, 2.05) is 0 Å². The summed E-state index contributed by atoms with van der Waals surface area (Å²) in [6.07, 6.45) is 4.50. The molecule has 0 aliphatic carbocycles. The maximum absolute atomic E-state index is 9.97. The van der Waals surface area contributed by atoms with Crippen molar-refractivity contribution in [2.75, 3.05) is 53.0 Å². The van der Waals surface area contributed by atoms with Crippen LogP contribution in [0.4, 0.5) is 0 Å². The molecule has 0 aromatic carbocycles. The van der Waals surface area contributed by atoms with Gasteiger partial charge in [0.25, 0.3) is 0 Å². The first-order valence-corrected chi connectivity index (χ1v) is 8.58. The number of unbranched alkanes of at least 4 members (excludes halogenated alkanes) is 1. The van der Waals surface area contributed by atoms with Crippen LogP contribution in [0.15, 0.2) is 0 Å². The largest absolute Gasteiger partial charge is 0.389 e. The van der Waals surface area contributed by atoms with Gasteiger partial charge in [-0.25, -0.2) is 5.01 Å². The van der Waals surface area contributed by atoms with Gasteiger partial charge < -0.3 is 14.7 Å². The van der Waals surface area contributed by atoms with Gasteiger partial charge in [0.1, 0.15) is 0 Å². The van der Waals surface area contributed by atoms with E-state index in [0.29, 0.717) is 19.1 Å². The SMILES string of the molecule is CCCCC(CC)COCC(O)CNN1CCN(C)CC1. The molecule has 2 atom stereocenters. The van der Waals surface area contributed by atoms with E-state index in [1.165, 1.54) is 19.3 Å². The molecule has 2 N–H and O–H groups in total. The lowest BCUT2D eigenvalue weighted by atomic mass is 10.0. The van der Waals surface area contributed by atoms with Crippen LogP contribution in [-0.2, 0) is 4.74 Å². The minimum absolute atomic E-state index is 0.423. The number of hydrogen-bond acceptors (Lipinski definition) is 5. The Morgan fingerprint density at radius 2 is 1.86 bits per heavy atom. The van der Waals surface area contributed by atoms with E-state index < -0.39 is 6.10 Å². The smallest absolute Gasteiger partial charge is 0.0911 e. The molecule has 1 saturated heterocycles. The first-order valence-electron chi connectivity index (χ1n) is 8.58. The highest BCUT2D eigenvalue weighted by molar-refractivity contribution is 4.67. The first-order chi connectivity index (χ1) is 10.2. The van der Waals surface area contributed by atoms with Crippen molar-refractivity contribution >= 4 is 0 Å². The monoisotopic (exact) mass is 301 g/mol. The molecule has 0 radical (unpaired) electrons. The minimum atomic E-state index is -0.423. The van der Waals surface area contributed by atoms with Crippen LogP contribution >= 0.6 is 0 Å². The molecule has 0 bridgehead atoms. The van der Waals surface area contributed by atoms with E-state index >= 15 is 0 Å². The van der Waals surface area contributed by atoms with Crippen LogP contribution in [-0.4, -0.2) is 74.1 Å². The van der Waals surface area contributed by atoms with E-state index in [9.17, 15) is 5.11 Å². The van der Waals surface area contributed by atoms with Crippen molar-refractivity contribution in [3.8, 4) is 0 Å². The molecule has 1 heterocycles. The highest BCUT2D eigenvalue weighted by atomic mass is 16.5. The number of piperazine rings is 1. The first kappa shape index (κ1) is 18.8. The zero-order chi connectivity index (χ0) is 15.5. The second-order valence-electron chi connectivity index (χ2n) is 6.26. The maximum atomic E-state index is 9.97. The lowest BCUT2D eigenvalue weighted by Crippen LogP contribution is -2.52. The number of ether oxygens (including phenoxy) is 1. The van der Waals surface area contributed by atoms with Gasteiger partial charge in [0, 0.05) is 39.3 Å². The fraction of sp³-hybridized carbons (Fsp3) is 1.00. The van der Waals surface area contributed by atoms with Gasteiger partial charge >= 0.3 is 0 Å². The molecule has 5 heteroatoms. The van der Waals surface area contributed by atoms with Crippen LogP contribution in [0.1, 0.15) is 39.5 Å². The zero-order valence-electron chi connectivity index (χ0n) is 14.2. The van der Waals surface area contributed by atoms with E-state index in [2.05, 4.69) is 36.2 Å². The van der Waals surface area contributed by atoms with Crippen LogP contribution in [0.3, 0.4) is 0 Å². The second-order valence-corrected chi connectivity index (χ2v) is 6.26. The van der Waals surface area contributed by atoms with Crippen molar-refractivity contribution in [1.29, 1.82) is 0 Å². The topological polar surface area (TPSA) is 48.0 Å². The molecule has 0 amide bonds. The van der Waals surface area contributed by atoms with Crippen molar-refractivity contribution in [3.05, 3.63) is 0 Å². The quantitative estimate of drug-likeness (QED) is 0.603. The molecular formula is C16H35N3O2. The molecular weight excluding hydrogens is 266 g/mol.